The monoisotopic (exact) mass is 446 g/mol. The van der Waals surface area contributed by atoms with Gasteiger partial charge in [-0.05, 0) is 45.8 Å². The summed E-state index contributed by atoms with van der Waals surface area (Å²) in [4.78, 5) is 0. The molecule has 30 heavy (non-hydrogen) atoms. The molecular formula is C28H54Si2. The van der Waals surface area contributed by atoms with E-state index in [9.17, 15) is 0 Å². The third kappa shape index (κ3) is 7.60. The van der Waals surface area contributed by atoms with Gasteiger partial charge in [0.1, 0.15) is 15.2 Å². The number of hydrogen-bond acceptors (Lipinski definition) is 0. The molecule has 0 aromatic carbocycles. The summed E-state index contributed by atoms with van der Waals surface area (Å²) in [5.74, 6) is 0. The molecule has 2 heteroatoms. The van der Waals surface area contributed by atoms with E-state index in [0.29, 0.717) is 0 Å². The quantitative estimate of drug-likeness (QED) is 0.195. The molecule has 0 amide bonds. The van der Waals surface area contributed by atoms with Crippen molar-refractivity contribution in [1.82, 2.24) is 0 Å². The molecule has 0 saturated carbocycles. The van der Waals surface area contributed by atoms with Gasteiger partial charge in [0.15, 0.2) is 0 Å². The van der Waals surface area contributed by atoms with E-state index in [1.165, 1.54) is 49.9 Å². The van der Waals surface area contributed by atoms with E-state index < -0.39 is 15.2 Å². The van der Waals surface area contributed by atoms with Crippen LogP contribution in [-0.4, -0.2) is 15.2 Å². The van der Waals surface area contributed by atoms with Crippen LogP contribution in [0.3, 0.4) is 0 Å². The predicted molar refractivity (Wildman–Crippen MR) is 145 cm³/mol. The van der Waals surface area contributed by atoms with Gasteiger partial charge in [0.2, 0.25) is 0 Å². The van der Waals surface area contributed by atoms with E-state index in [1.54, 1.807) is 0 Å². The van der Waals surface area contributed by atoms with Crippen molar-refractivity contribution in [2.24, 2.45) is 21.7 Å². The van der Waals surface area contributed by atoms with Gasteiger partial charge in [-0.25, -0.2) is 0 Å². The maximum Gasteiger partial charge on any atom is 0.145 e. The van der Waals surface area contributed by atoms with Gasteiger partial charge in [-0.2, -0.15) is 0 Å². The van der Waals surface area contributed by atoms with E-state index in [2.05, 4.69) is 94.2 Å². The van der Waals surface area contributed by atoms with Crippen molar-refractivity contribution in [3.63, 3.8) is 0 Å². The maximum atomic E-state index is 6.66. The van der Waals surface area contributed by atoms with Crippen LogP contribution in [0.15, 0.2) is 0 Å². The first-order valence-electron chi connectivity index (χ1n) is 12.4. The lowest BCUT2D eigenvalue weighted by Gasteiger charge is -2.52. The Morgan fingerprint density at radius 2 is 0.633 bits per heavy atom. The standard InChI is InChI=1S/C28H54Si2/c1-15-25(7,8)21-29(19-5,22-26(9,10)16-2)30(20-6,23-27(11,12)17-3)24-28(13,14)18-4/h5-6H,15-18,21-24H2,1-4,7-14H3. The van der Waals surface area contributed by atoms with Gasteiger partial charge in [0, 0.05) is 0 Å². The molecule has 0 aliphatic rings. The Balaban J connectivity index is 7.07. The van der Waals surface area contributed by atoms with Crippen molar-refractivity contribution in [3.05, 3.63) is 0 Å². The molecule has 0 nitrogen and oxygen atoms in total. The van der Waals surface area contributed by atoms with E-state index in [1.807, 2.05) is 0 Å². The summed E-state index contributed by atoms with van der Waals surface area (Å²) in [6.45, 7) is 28.7. The van der Waals surface area contributed by atoms with Gasteiger partial charge in [-0.3, -0.25) is 0 Å². The SMILES string of the molecule is C#C[Si](CC(C)(C)CC)(CC(C)(C)CC)[Si](C#C)(CC(C)(C)CC)CC(C)(C)CC. The molecule has 0 fully saturated rings. The highest BCUT2D eigenvalue weighted by Gasteiger charge is 2.59. The van der Waals surface area contributed by atoms with Crippen molar-refractivity contribution in [1.29, 1.82) is 0 Å². The molecule has 174 valence electrons. The molecule has 0 saturated heterocycles. The number of hydrogen-bond donors (Lipinski definition) is 0. The second kappa shape index (κ2) is 10.4. The molecular weight excluding hydrogens is 392 g/mol. The highest BCUT2D eigenvalue weighted by Crippen LogP contribution is 2.51. The fourth-order valence-electron chi connectivity index (χ4n) is 5.05. The van der Waals surface area contributed by atoms with Crippen LogP contribution in [-0.2, 0) is 0 Å². The molecule has 0 atom stereocenters. The normalized spacial score (nSPS) is 14.3. The Hall–Kier alpha value is -0.446. The predicted octanol–water partition coefficient (Wildman–Crippen LogP) is 9.05. The molecule has 0 heterocycles. The summed E-state index contributed by atoms with van der Waals surface area (Å²) in [6.07, 6.45) is 18.0. The lowest BCUT2D eigenvalue weighted by atomic mass is 9.92. The van der Waals surface area contributed by atoms with Crippen LogP contribution < -0.4 is 0 Å². The smallest absolute Gasteiger partial charge is 0.136 e. The Morgan fingerprint density at radius 3 is 0.733 bits per heavy atom. The molecule has 0 aromatic rings. The molecule has 0 aliphatic carbocycles. The van der Waals surface area contributed by atoms with Crippen molar-refractivity contribution >= 4 is 15.2 Å². The van der Waals surface area contributed by atoms with Crippen LogP contribution in [0.4, 0.5) is 0 Å². The topological polar surface area (TPSA) is 0 Å². The van der Waals surface area contributed by atoms with Crippen LogP contribution in [0.5, 0.6) is 0 Å². The molecule has 0 aliphatic heterocycles. The minimum Gasteiger partial charge on any atom is -0.136 e. The average molecular weight is 447 g/mol. The van der Waals surface area contributed by atoms with Crippen LogP contribution in [0.2, 0.25) is 24.2 Å². The van der Waals surface area contributed by atoms with Gasteiger partial charge in [0.25, 0.3) is 0 Å². The molecule has 0 radical (unpaired) electrons. The first-order valence-corrected chi connectivity index (χ1v) is 18.2. The van der Waals surface area contributed by atoms with E-state index in [0.717, 1.165) is 0 Å². The zero-order valence-electron chi connectivity index (χ0n) is 22.8. The van der Waals surface area contributed by atoms with Crippen LogP contribution in [0.1, 0.15) is 109 Å². The van der Waals surface area contributed by atoms with Crippen molar-refractivity contribution in [3.8, 4) is 23.9 Å². The summed E-state index contributed by atoms with van der Waals surface area (Å²) in [7, 11) is -4.37. The van der Waals surface area contributed by atoms with Crippen LogP contribution in [0, 0.1) is 45.6 Å². The lowest BCUT2D eigenvalue weighted by Crippen LogP contribution is -2.67. The summed E-state index contributed by atoms with van der Waals surface area (Å²) in [5, 5.41) is 0. The Labute approximate surface area is 193 Å². The second-order valence-corrected chi connectivity index (χ2v) is 25.3. The van der Waals surface area contributed by atoms with E-state index in [4.69, 9.17) is 12.8 Å². The fraction of sp³-hybridized carbons (Fsp3) is 0.857. The molecule has 0 bridgehead atoms. The first-order chi connectivity index (χ1) is 13.4. The lowest BCUT2D eigenvalue weighted by molar-refractivity contribution is 0.362. The molecule has 0 aromatic heterocycles. The van der Waals surface area contributed by atoms with Gasteiger partial charge < -0.3 is 0 Å². The third-order valence-electron chi connectivity index (χ3n) is 8.42. The number of terminal acetylenes is 2. The van der Waals surface area contributed by atoms with Crippen molar-refractivity contribution in [2.45, 2.75) is 133 Å². The van der Waals surface area contributed by atoms with E-state index in [-0.39, 0.29) is 21.7 Å². The fourth-order valence-corrected chi connectivity index (χ4v) is 26.6. The van der Waals surface area contributed by atoms with E-state index >= 15 is 0 Å². The highest BCUT2D eigenvalue weighted by atomic mass is 29.3. The van der Waals surface area contributed by atoms with Crippen molar-refractivity contribution < 1.29 is 0 Å². The summed E-state index contributed by atoms with van der Waals surface area (Å²) in [5.41, 5.74) is 8.30. The summed E-state index contributed by atoms with van der Waals surface area (Å²) < 4.78 is 0. The Morgan fingerprint density at radius 1 is 0.467 bits per heavy atom. The largest absolute Gasteiger partial charge is 0.145 e. The van der Waals surface area contributed by atoms with Gasteiger partial charge in [-0.15, -0.1) is 23.9 Å². The van der Waals surface area contributed by atoms with Crippen LogP contribution in [0.25, 0.3) is 0 Å². The zero-order valence-corrected chi connectivity index (χ0v) is 24.8. The summed E-state index contributed by atoms with van der Waals surface area (Å²) in [6, 6.07) is 4.75. The van der Waals surface area contributed by atoms with Gasteiger partial charge >= 0.3 is 0 Å². The minimum atomic E-state index is -2.18. The Kier molecular flexibility index (Phi) is 10.3. The number of rotatable bonds is 13. The maximum absolute atomic E-state index is 6.66. The average Bonchev–Trinajstić information content (AvgIpc) is 2.65. The molecule has 0 unspecified atom stereocenters. The third-order valence-corrected chi connectivity index (χ3v) is 26.1. The van der Waals surface area contributed by atoms with Gasteiger partial charge in [-0.1, -0.05) is 109 Å². The molecule has 0 spiro atoms. The second-order valence-electron chi connectivity index (χ2n) is 13.2. The molecule has 0 rings (SSSR count). The first kappa shape index (κ1) is 29.6. The summed E-state index contributed by atoms with van der Waals surface area (Å²) >= 11 is 0. The zero-order chi connectivity index (χ0) is 24.1. The minimum absolute atomic E-state index is 0.254. The van der Waals surface area contributed by atoms with Crippen molar-refractivity contribution in [2.75, 3.05) is 0 Å². The molecule has 0 N–H and O–H groups in total. The van der Waals surface area contributed by atoms with Gasteiger partial charge in [0.05, 0.1) is 0 Å². The van der Waals surface area contributed by atoms with Crippen LogP contribution >= 0.6 is 0 Å². The highest BCUT2D eigenvalue weighted by molar-refractivity contribution is 7.48. The Bertz CT molecular complexity index is 530.